The van der Waals surface area contributed by atoms with E-state index in [-0.39, 0.29) is 11.8 Å². The molecule has 2 aliphatic heterocycles. The van der Waals surface area contributed by atoms with Gasteiger partial charge in [-0.1, -0.05) is 6.42 Å². The van der Waals surface area contributed by atoms with Crippen molar-refractivity contribution in [3.63, 3.8) is 0 Å². The number of carbonyl (C=O) groups excluding carboxylic acids is 1. The molecule has 1 atom stereocenters. The van der Waals surface area contributed by atoms with E-state index in [4.69, 9.17) is 0 Å². The van der Waals surface area contributed by atoms with Gasteiger partial charge in [-0.3, -0.25) is 4.79 Å². The Morgan fingerprint density at radius 3 is 2.42 bits per heavy atom. The highest BCUT2D eigenvalue weighted by atomic mass is 32.2. The molecule has 2 rings (SSSR count). The van der Waals surface area contributed by atoms with Crippen molar-refractivity contribution in [3.05, 3.63) is 0 Å². The summed E-state index contributed by atoms with van der Waals surface area (Å²) in [5, 5.41) is 0. The zero-order valence-corrected chi connectivity index (χ0v) is 12.3. The summed E-state index contributed by atoms with van der Waals surface area (Å²) < 4.78 is 27.8. The zero-order chi connectivity index (χ0) is 13.9. The lowest BCUT2D eigenvalue weighted by atomic mass is 9.98. The molecule has 19 heavy (non-hydrogen) atoms. The van der Waals surface area contributed by atoms with Crippen LogP contribution in [-0.2, 0) is 15.0 Å². The second-order valence-corrected chi connectivity index (χ2v) is 7.20. The summed E-state index contributed by atoms with van der Waals surface area (Å²) in [6, 6.07) is 0. The maximum absolute atomic E-state index is 12.1. The highest BCUT2D eigenvalue weighted by Gasteiger charge is 2.30. The van der Waals surface area contributed by atoms with Crippen LogP contribution in [0, 0.1) is 5.92 Å². The van der Waals surface area contributed by atoms with Crippen molar-refractivity contribution in [2.45, 2.75) is 32.1 Å². The molecule has 0 aromatic heterocycles. The highest BCUT2D eigenvalue weighted by Crippen LogP contribution is 2.17. The fraction of sp³-hybridized carbons (Fsp3) is 0.917. The van der Waals surface area contributed by atoms with Crippen molar-refractivity contribution >= 4 is 16.1 Å². The van der Waals surface area contributed by atoms with Crippen LogP contribution in [0.1, 0.15) is 32.1 Å². The van der Waals surface area contributed by atoms with Gasteiger partial charge >= 0.3 is 10.2 Å². The summed E-state index contributed by atoms with van der Waals surface area (Å²) in [7, 11) is -1.68. The lowest BCUT2D eigenvalue weighted by Crippen LogP contribution is -2.49. The first kappa shape index (κ1) is 14.7. The third kappa shape index (κ3) is 3.90. The number of rotatable bonds is 3. The smallest absolute Gasteiger partial charge is 0.303 e. The molecule has 0 aliphatic carbocycles. The molecule has 0 aromatic carbocycles. The Bertz CT molecular complexity index is 418. The van der Waals surface area contributed by atoms with Gasteiger partial charge in [-0.25, -0.2) is 4.72 Å². The largest absolute Gasteiger partial charge is 0.306 e. The number of nitrogens with one attached hydrogen (secondary N) is 1. The van der Waals surface area contributed by atoms with Crippen molar-refractivity contribution in [3.8, 4) is 0 Å². The van der Waals surface area contributed by atoms with Crippen LogP contribution in [-0.4, -0.2) is 56.8 Å². The average Bonchev–Trinajstić information content (AvgIpc) is 2.39. The van der Waals surface area contributed by atoms with E-state index >= 15 is 0 Å². The van der Waals surface area contributed by atoms with Crippen LogP contribution in [0.4, 0.5) is 0 Å². The Morgan fingerprint density at radius 1 is 1.11 bits per heavy atom. The lowest BCUT2D eigenvalue weighted by molar-refractivity contribution is -0.124. The van der Waals surface area contributed by atoms with Crippen LogP contribution >= 0.6 is 0 Å². The second-order valence-electron chi connectivity index (χ2n) is 5.53. The van der Waals surface area contributed by atoms with E-state index in [1.165, 1.54) is 4.31 Å². The van der Waals surface area contributed by atoms with Crippen LogP contribution in [0.2, 0.25) is 0 Å². The van der Waals surface area contributed by atoms with Crippen molar-refractivity contribution in [2.75, 3.05) is 33.2 Å². The molecule has 7 heteroatoms. The molecule has 0 bridgehead atoms. The van der Waals surface area contributed by atoms with Crippen LogP contribution in [0.3, 0.4) is 0 Å². The fourth-order valence-corrected chi connectivity index (χ4v) is 4.05. The number of hydrogen-bond acceptors (Lipinski definition) is 4. The Morgan fingerprint density at radius 2 is 1.79 bits per heavy atom. The number of nitrogens with zero attached hydrogens (tertiary/aromatic N) is 2. The van der Waals surface area contributed by atoms with E-state index in [1.807, 2.05) is 7.05 Å². The molecule has 2 heterocycles. The minimum atomic E-state index is -3.63. The van der Waals surface area contributed by atoms with E-state index in [2.05, 4.69) is 9.62 Å². The van der Waals surface area contributed by atoms with Gasteiger partial charge in [0.1, 0.15) is 0 Å². The molecule has 0 aromatic rings. The first-order valence-corrected chi connectivity index (χ1v) is 8.43. The van der Waals surface area contributed by atoms with Gasteiger partial charge < -0.3 is 4.90 Å². The van der Waals surface area contributed by atoms with Crippen LogP contribution in [0.15, 0.2) is 0 Å². The monoisotopic (exact) mass is 289 g/mol. The molecule has 1 amide bonds. The predicted octanol–water partition coefficient (Wildman–Crippen LogP) is 0.175. The third-order valence-electron chi connectivity index (χ3n) is 3.88. The summed E-state index contributed by atoms with van der Waals surface area (Å²) in [5.74, 6) is -0.560. The third-order valence-corrected chi connectivity index (χ3v) is 5.38. The first-order chi connectivity index (χ1) is 8.99. The SMILES string of the molecule is CN1CCCC(C(=O)NS(=O)(=O)N2CCCCC2)C1. The van der Waals surface area contributed by atoms with E-state index in [1.54, 1.807) is 0 Å². The molecule has 2 saturated heterocycles. The Kier molecular flexibility index (Phi) is 4.81. The fourth-order valence-electron chi connectivity index (χ4n) is 2.76. The van der Waals surface area contributed by atoms with E-state index in [0.29, 0.717) is 19.6 Å². The molecule has 2 fully saturated rings. The van der Waals surface area contributed by atoms with Crippen LogP contribution in [0.5, 0.6) is 0 Å². The molecule has 110 valence electrons. The minimum Gasteiger partial charge on any atom is -0.306 e. The zero-order valence-electron chi connectivity index (χ0n) is 11.5. The van der Waals surface area contributed by atoms with Crippen molar-refractivity contribution < 1.29 is 13.2 Å². The van der Waals surface area contributed by atoms with E-state index in [0.717, 1.165) is 38.6 Å². The van der Waals surface area contributed by atoms with Gasteiger partial charge in [0, 0.05) is 19.6 Å². The number of amides is 1. The summed E-state index contributed by atoms with van der Waals surface area (Å²) >= 11 is 0. The number of piperidine rings is 2. The molecule has 0 spiro atoms. The minimum absolute atomic E-state index is 0.210. The summed E-state index contributed by atoms with van der Waals surface area (Å²) in [4.78, 5) is 14.1. The summed E-state index contributed by atoms with van der Waals surface area (Å²) in [6.07, 6.45) is 4.53. The van der Waals surface area contributed by atoms with Gasteiger partial charge in [-0.2, -0.15) is 12.7 Å². The first-order valence-electron chi connectivity index (χ1n) is 6.99. The summed E-state index contributed by atoms with van der Waals surface area (Å²) in [5.41, 5.74) is 0. The van der Waals surface area contributed by atoms with Crippen molar-refractivity contribution in [2.24, 2.45) is 5.92 Å². The molecule has 1 N–H and O–H groups in total. The van der Waals surface area contributed by atoms with E-state index in [9.17, 15) is 13.2 Å². The van der Waals surface area contributed by atoms with E-state index < -0.39 is 10.2 Å². The van der Waals surface area contributed by atoms with Gasteiger partial charge in [0.05, 0.1) is 5.92 Å². The summed E-state index contributed by atoms with van der Waals surface area (Å²) in [6.45, 7) is 2.66. The number of carbonyl (C=O) groups is 1. The maximum atomic E-state index is 12.1. The van der Waals surface area contributed by atoms with Gasteiger partial charge in [0.15, 0.2) is 0 Å². The van der Waals surface area contributed by atoms with Gasteiger partial charge in [0.2, 0.25) is 5.91 Å². The normalized spacial score (nSPS) is 27.1. The Balaban J connectivity index is 1.93. The van der Waals surface area contributed by atoms with Crippen molar-refractivity contribution in [1.29, 1.82) is 0 Å². The number of hydrogen-bond donors (Lipinski definition) is 1. The van der Waals surface area contributed by atoms with Crippen LogP contribution < -0.4 is 4.72 Å². The highest BCUT2D eigenvalue weighted by molar-refractivity contribution is 7.87. The molecular formula is C12H23N3O3S. The molecule has 0 radical (unpaired) electrons. The Labute approximate surface area is 115 Å². The topological polar surface area (TPSA) is 69.7 Å². The molecule has 6 nitrogen and oxygen atoms in total. The Hall–Kier alpha value is -0.660. The van der Waals surface area contributed by atoms with Crippen molar-refractivity contribution in [1.82, 2.24) is 13.9 Å². The van der Waals surface area contributed by atoms with Gasteiger partial charge in [-0.15, -0.1) is 0 Å². The van der Waals surface area contributed by atoms with Crippen LogP contribution in [0.25, 0.3) is 0 Å². The molecule has 0 saturated carbocycles. The molecule has 1 unspecified atom stereocenters. The molecule has 2 aliphatic rings. The average molecular weight is 289 g/mol. The standard InChI is InChI=1S/C12H23N3O3S/c1-14-7-5-6-11(10-14)12(16)13-19(17,18)15-8-3-2-4-9-15/h11H,2-10H2,1H3,(H,13,16). The van der Waals surface area contributed by atoms with Gasteiger partial charge in [0.25, 0.3) is 0 Å². The lowest BCUT2D eigenvalue weighted by Gasteiger charge is -2.30. The van der Waals surface area contributed by atoms with Gasteiger partial charge in [-0.05, 0) is 39.3 Å². The quantitative estimate of drug-likeness (QED) is 0.804. The molecular weight excluding hydrogens is 266 g/mol. The predicted molar refractivity (Wildman–Crippen MR) is 72.7 cm³/mol. The number of likely N-dealkylation sites (tertiary alicyclic amines) is 1. The second kappa shape index (κ2) is 6.19. The maximum Gasteiger partial charge on any atom is 0.303 e.